The Balaban J connectivity index is 1.37. The van der Waals surface area contributed by atoms with Crippen LogP contribution in [0.1, 0.15) is 28.4 Å². The maximum Gasteiger partial charge on any atom is 0.254 e. The van der Waals surface area contributed by atoms with Gasteiger partial charge in [0.25, 0.3) is 5.91 Å². The lowest BCUT2D eigenvalue weighted by atomic mass is 10.0. The van der Waals surface area contributed by atoms with Crippen LogP contribution >= 0.6 is 0 Å². The van der Waals surface area contributed by atoms with Gasteiger partial charge in [-0.15, -0.1) is 0 Å². The third-order valence-corrected chi connectivity index (χ3v) is 6.04. The Morgan fingerprint density at radius 2 is 1.55 bits per heavy atom. The number of benzene rings is 2. The predicted molar refractivity (Wildman–Crippen MR) is 117 cm³/mol. The molecule has 8 heteroatoms. The Labute approximate surface area is 183 Å². The van der Waals surface area contributed by atoms with Crippen molar-refractivity contribution >= 4 is 5.91 Å². The predicted octanol–water partition coefficient (Wildman–Crippen LogP) is 2.04. The second-order valence-electron chi connectivity index (χ2n) is 7.75. The Morgan fingerprint density at radius 3 is 2.13 bits per heavy atom. The van der Waals surface area contributed by atoms with Crippen LogP contribution in [0.3, 0.4) is 0 Å². The molecule has 2 heterocycles. The minimum atomic E-state index is -0.0291. The van der Waals surface area contributed by atoms with E-state index in [1.54, 1.807) is 33.5 Å². The third kappa shape index (κ3) is 4.46. The maximum atomic E-state index is 13.1. The number of ether oxygens (including phenoxy) is 3. The number of hydrogen-bond donors (Lipinski definition) is 2. The second-order valence-corrected chi connectivity index (χ2v) is 7.75. The van der Waals surface area contributed by atoms with Gasteiger partial charge >= 0.3 is 0 Å². The highest BCUT2D eigenvalue weighted by Gasteiger charge is 2.32. The Morgan fingerprint density at radius 1 is 0.903 bits per heavy atom. The van der Waals surface area contributed by atoms with Crippen molar-refractivity contribution in [2.75, 3.05) is 47.5 Å². The highest BCUT2D eigenvalue weighted by Crippen LogP contribution is 2.38. The molecule has 2 saturated heterocycles. The molecule has 31 heavy (non-hydrogen) atoms. The van der Waals surface area contributed by atoms with Gasteiger partial charge < -0.3 is 19.1 Å². The molecular formula is C23H30N4O4. The molecule has 2 aromatic rings. The molecule has 0 radical (unpaired) electrons. The van der Waals surface area contributed by atoms with Gasteiger partial charge in [0.15, 0.2) is 11.5 Å². The van der Waals surface area contributed by atoms with Gasteiger partial charge in [0.05, 0.1) is 27.5 Å². The quantitative estimate of drug-likeness (QED) is 0.732. The van der Waals surface area contributed by atoms with Crippen LogP contribution in [0.4, 0.5) is 0 Å². The fourth-order valence-corrected chi connectivity index (χ4v) is 4.31. The van der Waals surface area contributed by atoms with Crippen molar-refractivity contribution in [2.45, 2.75) is 18.6 Å². The largest absolute Gasteiger partial charge is 0.493 e. The van der Waals surface area contributed by atoms with E-state index in [1.165, 1.54) is 5.56 Å². The zero-order valence-electron chi connectivity index (χ0n) is 18.3. The molecule has 0 bridgehead atoms. The van der Waals surface area contributed by atoms with Crippen molar-refractivity contribution in [3.05, 3.63) is 53.6 Å². The molecule has 0 spiro atoms. The summed E-state index contributed by atoms with van der Waals surface area (Å²) in [4.78, 5) is 17.4. The summed E-state index contributed by atoms with van der Waals surface area (Å²) in [6, 6.07) is 14.2. The normalized spacial score (nSPS) is 21.7. The standard InChI is InChI=1S/C23H30N4O4/c1-29-19-13-17(14-20(30-2)22(19)31-3)23(28)27-11-9-26(10-12-27)21-15-18(24-25-21)16-7-5-4-6-8-16/h4-8,13-14,18,21,24-25H,9-12,15H2,1-3H3. The van der Waals surface area contributed by atoms with Gasteiger partial charge in [0.1, 0.15) is 0 Å². The Kier molecular flexibility index (Phi) is 6.60. The lowest BCUT2D eigenvalue weighted by Gasteiger charge is -2.37. The topological polar surface area (TPSA) is 75.3 Å². The third-order valence-electron chi connectivity index (χ3n) is 6.04. The summed E-state index contributed by atoms with van der Waals surface area (Å²) in [6.45, 7) is 2.97. The van der Waals surface area contributed by atoms with Crippen LogP contribution in [0.2, 0.25) is 0 Å². The maximum absolute atomic E-state index is 13.1. The molecule has 2 aromatic carbocycles. The summed E-state index contributed by atoms with van der Waals surface area (Å²) in [5.41, 5.74) is 8.64. The summed E-state index contributed by atoms with van der Waals surface area (Å²) < 4.78 is 16.1. The van der Waals surface area contributed by atoms with Gasteiger partial charge in [-0.1, -0.05) is 30.3 Å². The van der Waals surface area contributed by atoms with Crippen molar-refractivity contribution in [2.24, 2.45) is 0 Å². The number of nitrogens with zero attached hydrogens (tertiary/aromatic N) is 2. The fraction of sp³-hybridized carbons (Fsp3) is 0.435. The van der Waals surface area contributed by atoms with E-state index in [-0.39, 0.29) is 12.1 Å². The summed E-state index contributed by atoms with van der Waals surface area (Å²) in [6.07, 6.45) is 1.24. The van der Waals surface area contributed by atoms with Gasteiger partial charge in [-0.3, -0.25) is 9.69 Å². The van der Waals surface area contributed by atoms with E-state index >= 15 is 0 Å². The first-order valence-electron chi connectivity index (χ1n) is 10.5. The number of carbonyl (C=O) groups excluding carboxylic acids is 1. The van der Waals surface area contributed by atoms with E-state index in [2.05, 4.69) is 40.0 Å². The minimum Gasteiger partial charge on any atom is -0.493 e. The van der Waals surface area contributed by atoms with E-state index in [4.69, 9.17) is 14.2 Å². The molecule has 2 fully saturated rings. The van der Waals surface area contributed by atoms with E-state index < -0.39 is 0 Å². The minimum absolute atomic E-state index is 0.0291. The van der Waals surface area contributed by atoms with Crippen molar-refractivity contribution in [3.63, 3.8) is 0 Å². The van der Waals surface area contributed by atoms with Crippen LogP contribution in [-0.2, 0) is 0 Å². The van der Waals surface area contributed by atoms with Crippen molar-refractivity contribution in [3.8, 4) is 17.2 Å². The number of carbonyl (C=O) groups is 1. The number of amides is 1. The molecule has 2 aliphatic rings. The molecule has 0 saturated carbocycles. The molecule has 2 atom stereocenters. The first kappa shape index (κ1) is 21.4. The van der Waals surface area contributed by atoms with Crippen molar-refractivity contribution in [1.82, 2.24) is 20.7 Å². The van der Waals surface area contributed by atoms with Crippen molar-refractivity contribution in [1.29, 1.82) is 0 Å². The van der Waals surface area contributed by atoms with Crippen LogP contribution in [0.5, 0.6) is 17.2 Å². The van der Waals surface area contributed by atoms with Crippen LogP contribution < -0.4 is 25.1 Å². The van der Waals surface area contributed by atoms with Gasteiger partial charge in [0, 0.05) is 37.8 Å². The summed E-state index contributed by atoms with van der Waals surface area (Å²) in [5.74, 6) is 1.42. The van der Waals surface area contributed by atoms with E-state index in [1.807, 2.05) is 11.0 Å². The lowest BCUT2D eigenvalue weighted by Crippen LogP contribution is -2.55. The van der Waals surface area contributed by atoms with Crippen LogP contribution in [0, 0.1) is 0 Å². The average Bonchev–Trinajstić information content (AvgIpc) is 3.33. The molecule has 1 amide bonds. The van der Waals surface area contributed by atoms with Gasteiger partial charge in [0.2, 0.25) is 5.75 Å². The first-order chi connectivity index (χ1) is 15.1. The molecule has 2 unspecified atom stereocenters. The second kappa shape index (κ2) is 9.55. The highest BCUT2D eigenvalue weighted by atomic mass is 16.5. The highest BCUT2D eigenvalue weighted by molar-refractivity contribution is 5.95. The molecular weight excluding hydrogens is 396 g/mol. The Bertz CT molecular complexity index is 875. The molecule has 8 nitrogen and oxygen atoms in total. The molecule has 2 N–H and O–H groups in total. The van der Waals surface area contributed by atoms with Gasteiger partial charge in [-0.2, -0.15) is 0 Å². The fourth-order valence-electron chi connectivity index (χ4n) is 4.31. The lowest BCUT2D eigenvalue weighted by molar-refractivity contribution is 0.0544. The van der Waals surface area contributed by atoms with E-state index in [0.717, 1.165) is 19.5 Å². The molecule has 4 rings (SSSR count). The number of rotatable bonds is 6. The number of nitrogens with one attached hydrogen (secondary N) is 2. The monoisotopic (exact) mass is 426 g/mol. The van der Waals surface area contributed by atoms with Crippen LogP contribution in [-0.4, -0.2) is 69.4 Å². The SMILES string of the molecule is COc1cc(C(=O)N2CCN(C3CC(c4ccccc4)NN3)CC2)cc(OC)c1OC. The molecule has 0 aliphatic carbocycles. The molecule has 0 aromatic heterocycles. The van der Waals surface area contributed by atoms with Gasteiger partial charge in [-0.05, 0) is 24.1 Å². The van der Waals surface area contributed by atoms with Crippen LogP contribution in [0.15, 0.2) is 42.5 Å². The summed E-state index contributed by atoms with van der Waals surface area (Å²) in [7, 11) is 4.65. The number of methoxy groups -OCH3 is 3. The Hall–Kier alpha value is -2.81. The van der Waals surface area contributed by atoms with Gasteiger partial charge in [-0.25, -0.2) is 10.9 Å². The zero-order chi connectivity index (χ0) is 21.8. The van der Waals surface area contributed by atoms with E-state index in [9.17, 15) is 4.79 Å². The number of piperazine rings is 1. The van der Waals surface area contributed by atoms with E-state index in [0.29, 0.717) is 41.9 Å². The first-order valence-corrected chi connectivity index (χ1v) is 10.5. The van der Waals surface area contributed by atoms with Crippen LogP contribution in [0.25, 0.3) is 0 Å². The smallest absolute Gasteiger partial charge is 0.254 e. The molecule has 166 valence electrons. The number of hydrazine groups is 1. The summed E-state index contributed by atoms with van der Waals surface area (Å²) >= 11 is 0. The zero-order valence-corrected chi connectivity index (χ0v) is 18.3. The number of hydrogen-bond acceptors (Lipinski definition) is 7. The summed E-state index contributed by atoms with van der Waals surface area (Å²) in [5, 5.41) is 0. The average molecular weight is 427 g/mol. The van der Waals surface area contributed by atoms with Crippen molar-refractivity contribution < 1.29 is 19.0 Å². The molecule has 2 aliphatic heterocycles.